The highest BCUT2D eigenvalue weighted by Crippen LogP contribution is 2.15. The third-order valence-corrected chi connectivity index (χ3v) is 3.23. The zero-order valence-corrected chi connectivity index (χ0v) is 11.5. The molecule has 0 aliphatic carbocycles. The molecule has 2 N–H and O–H groups in total. The zero-order valence-electron chi connectivity index (χ0n) is 11.5. The van der Waals surface area contributed by atoms with Gasteiger partial charge in [0.25, 0.3) is 0 Å². The number of piperidine rings is 1. The van der Waals surface area contributed by atoms with E-state index in [1.807, 2.05) is 0 Å². The number of likely N-dealkylation sites (tertiary alicyclic amines) is 1. The van der Waals surface area contributed by atoms with Crippen molar-refractivity contribution in [2.45, 2.75) is 45.6 Å². The van der Waals surface area contributed by atoms with Crippen LogP contribution in [0, 0.1) is 5.92 Å². The minimum Gasteiger partial charge on any atom is -0.481 e. The van der Waals surface area contributed by atoms with Crippen LogP contribution in [-0.2, 0) is 14.4 Å². The first-order chi connectivity index (χ1) is 8.88. The lowest BCUT2D eigenvalue weighted by molar-refractivity contribution is -0.139. The van der Waals surface area contributed by atoms with Crippen molar-refractivity contribution >= 4 is 17.8 Å². The normalized spacial score (nSPS) is 20.7. The van der Waals surface area contributed by atoms with Crippen LogP contribution in [0.15, 0.2) is 0 Å². The minimum absolute atomic E-state index is 0.00864. The highest BCUT2D eigenvalue weighted by atomic mass is 16.4. The van der Waals surface area contributed by atoms with E-state index in [0.717, 1.165) is 12.8 Å². The van der Waals surface area contributed by atoms with E-state index in [4.69, 9.17) is 5.11 Å². The van der Waals surface area contributed by atoms with Gasteiger partial charge in [0.05, 0.1) is 0 Å². The summed E-state index contributed by atoms with van der Waals surface area (Å²) in [7, 11) is 0. The summed E-state index contributed by atoms with van der Waals surface area (Å²) in [6.45, 7) is 4.45. The fraction of sp³-hybridized carbons (Fsp3) is 0.769. The van der Waals surface area contributed by atoms with Crippen molar-refractivity contribution in [3.8, 4) is 0 Å². The summed E-state index contributed by atoms with van der Waals surface area (Å²) in [5.41, 5.74) is 0. The SMILES string of the molecule is CC(=O)NC1CCCN(C(=O)CC(C)CC(=O)O)C1. The lowest BCUT2D eigenvalue weighted by atomic mass is 10.0. The number of hydrogen-bond donors (Lipinski definition) is 2. The van der Waals surface area contributed by atoms with Gasteiger partial charge in [0.15, 0.2) is 0 Å². The quantitative estimate of drug-likeness (QED) is 0.766. The maximum Gasteiger partial charge on any atom is 0.303 e. The largest absolute Gasteiger partial charge is 0.481 e. The van der Waals surface area contributed by atoms with E-state index in [9.17, 15) is 14.4 Å². The lowest BCUT2D eigenvalue weighted by Gasteiger charge is -2.33. The molecule has 1 aliphatic heterocycles. The monoisotopic (exact) mass is 270 g/mol. The van der Waals surface area contributed by atoms with Gasteiger partial charge < -0.3 is 15.3 Å². The topological polar surface area (TPSA) is 86.7 Å². The number of amides is 2. The number of carboxylic acids is 1. The van der Waals surface area contributed by atoms with Gasteiger partial charge in [0.2, 0.25) is 11.8 Å². The standard InChI is InChI=1S/C13H22N2O4/c1-9(7-13(18)19)6-12(17)15-5-3-4-11(8-15)14-10(2)16/h9,11H,3-8H2,1-2H3,(H,14,16)(H,18,19). The highest BCUT2D eigenvalue weighted by Gasteiger charge is 2.25. The summed E-state index contributed by atoms with van der Waals surface area (Å²) in [6.07, 6.45) is 2.01. The predicted molar refractivity (Wildman–Crippen MR) is 69.5 cm³/mol. The summed E-state index contributed by atoms with van der Waals surface area (Å²) in [4.78, 5) is 35.3. The third-order valence-electron chi connectivity index (χ3n) is 3.23. The van der Waals surface area contributed by atoms with Gasteiger partial charge in [-0.3, -0.25) is 14.4 Å². The Labute approximate surface area is 113 Å². The van der Waals surface area contributed by atoms with Crippen molar-refractivity contribution in [2.24, 2.45) is 5.92 Å². The van der Waals surface area contributed by atoms with E-state index >= 15 is 0 Å². The predicted octanol–water partition coefficient (Wildman–Crippen LogP) is 0.614. The van der Waals surface area contributed by atoms with Crippen molar-refractivity contribution < 1.29 is 19.5 Å². The summed E-state index contributed by atoms with van der Waals surface area (Å²) < 4.78 is 0. The Hall–Kier alpha value is -1.59. The first-order valence-corrected chi connectivity index (χ1v) is 6.65. The molecule has 0 aromatic rings. The van der Waals surface area contributed by atoms with Crippen LogP contribution in [0.2, 0.25) is 0 Å². The molecule has 6 nitrogen and oxygen atoms in total. The average Bonchev–Trinajstić information content (AvgIpc) is 2.27. The molecular formula is C13H22N2O4. The van der Waals surface area contributed by atoms with E-state index in [1.165, 1.54) is 6.92 Å². The molecule has 19 heavy (non-hydrogen) atoms. The molecule has 0 saturated carbocycles. The van der Waals surface area contributed by atoms with Gasteiger partial charge in [-0.15, -0.1) is 0 Å². The molecule has 0 bridgehead atoms. The fourth-order valence-corrected chi connectivity index (χ4v) is 2.41. The number of rotatable bonds is 5. The minimum atomic E-state index is -0.880. The van der Waals surface area contributed by atoms with Crippen LogP contribution >= 0.6 is 0 Å². The maximum absolute atomic E-state index is 12.0. The number of hydrogen-bond acceptors (Lipinski definition) is 3. The number of aliphatic carboxylic acids is 1. The molecule has 1 rings (SSSR count). The second-order valence-corrected chi connectivity index (χ2v) is 5.29. The van der Waals surface area contributed by atoms with Crippen molar-refractivity contribution in [3.63, 3.8) is 0 Å². The van der Waals surface area contributed by atoms with E-state index in [0.29, 0.717) is 13.1 Å². The molecule has 2 unspecified atom stereocenters. The van der Waals surface area contributed by atoms with Crippen molar-refractivity contribution in [2.75, 3.05) is 13.1 Å². The fourth-order valence-electron chi connectivity index (χ4n) is 2.41. The van der Waals surface area contributed by atoms with E-state index in [-0.39, 0.29) is 36.6 Å². The van der Waals surface area contributed by atoms with Crippen LogP contribution in [0.4, 0.5) is 0 Å². The molecule has 2 atom stereocenters. The molecule has 1 heterocycles. The van der Waals surface area contributed by atoms with Gasteiger partial charge in [-0.25, -0.2) is 0 Å². The van der Waals surface area contributed by atoms with Gasteiger partial charge in [-0.05, 0) is 18.8 Å². The van der Waals surface area contributed by atoms with Gasteiger partial charge >= 0.3 is 5.97 Å². The molecule has 1 saturated heterocycles. The number of nitrogens with one attached hydrogen (secondary N) is 1. The molecule has 0 aromatic heterocycles. The Morgan fingerprint density at radius 3 is 2.63 bits per heavy atom. The number of carbonyl (C=O) groups is 3. The van der Waals surface area contributed by atoms with E-state index in [1.54, 1.807) is 11.8 Å². The average molecular weight is 270 g/mol. The summed E-state index contributed by atoms with van der Waals surface area (Å²) in [6, 6.07) is 0.0185. The van der Waals surface area contributed by atoms with Crippen molar-refractivity contribution in [1.29, 1.82) is 0 Å². The van der Waals surface area contributed by atoms with Crippen LogP contribution in [-0.4, -0.2) is 46.9 Å². The number of carboxylic acid groups (broad SMARTS) is 1. The van der Waals surface area contributed by atoms with Gasteiger partial charge in [0, 0.05) is 38.9 Å². The Bertz CT molecular complexity index is 357. The molecule has 1 fully saturated rings. The highest BCUT2D eigenvalue weighted by molar-refractivity contribution is 5.78. The second-order valence-electron chi connectivity index (χ2n) is 5.29. The summed E-state index contributed by atoms with van der Waals surface area (Å²) in [5.74, 6) is -1.15. The number of nitrogens with zero attached hydrogens (tertiary/aromatic N) is 1. The van der Waals surface area contributed by atoms with Crippen LogP contribution in [0.5, 0.6) is 0 Å². The molecule has 6 heteroatoms. The molecule has 108 valence electrons. The van der Waals surface area contributed by atoms with Crippen LogP contribution in [0.1, 0.15) is 39.5 Å². The Kier molecular flexibility index (Phi) is 5.79. The van der Waals surface area contributed by atoms with Crippen molar-refractivity contribution in [3.05, 3.63) is 0 Å². The maximum atomic E-state index is 12.0. The first kappa shape index (κ1) is 15.5. The Morgan fingerprint density at radius 2 is 2.05 bits per heavy atom. The second kappa shape index (κ2) is 7.11. The Morgan fingerprint density at radius 1 is 1.37 bits per heavy atom. The number of carbonyl (C=O) groups excluding carboxylic acids is 2. The van der Waals surface area contributed by atoms with E-state index in [2.05, 4.69) is 5.32 Å². The summed E-state index contributed by atoms with van der Waals surface area (Å²) >= 11 is 0. The molecule has 1 aliphatic rings. The zero-order chi connectivity index (χ0) is 14.4. The molecule has 0 spiro atoms. The third kappa shape index (κ3) is 5.72. The van der Waals surface area contributed by atoms with Gasteiger partial charge in [-0.1, -0.05) is 6.92 Å². The molecule has 2 amide bonds. The van der Waals surface area contributed by atoms with Crippen LogP contribution < -0.4 is 5.32 Å². The van der Waals surface area contributed by atoms with E-state index < -0.39 is 5.97 Å². The van der Waals surface area contributed by atoms with Crippen LogP contribution in [0.3, 0.4) is 0 Å². The van der Waals surface area contributed by atoms with Gasteiger partial charge in [-0.2, -0.15) is 0 Å². The van der Waals surface area contributed by atoms with Gasteiger partial charge in [0.1, 0.15) is 0 Å². The smallest absolute Gasteiger partial charge is 0.303 e. The van der Waals surface area contributed by atoms with Crippen LogP contribution in [0.25, 0.3) is 0 Å². The Balaban J connectivity index is 2.43. The molecule has 0 radical (unpaired) electrons. The summed E-state index contributed by atoms with van der Waals surface area (Å²) in [5, 5.41) is 11.5. The molecular weight excluding hydrogens is 248 g/mol. The van der Waals surface area contributed by atoms with Crippen molar-refractivity contribution in [1.82, 2.24) is 10.2 Å². The lowest BCUT2D eigenvalue weighted by Crippen LogP contribution is -2.49. The first-order valence-electron chi connectivity index (χ1n) is 6.65. The molecule has 0 aromatic carbocycles.